The predicted octanol–water partition coefficient (Wildman–Crippen LogP) is 1.49. The highest BCUT2D eigenvalue weighted by Gasteiger charge is 2.11. The van der Waals surface area contributed by atoms with Gasteiger partial charge in [-0.2, -0.15) is 5.10 Å². The summed E-state index contributed by atoms with van der Waals surface area (Å²) in [6.45, 7) is -0.287. The molecule has 0 aliphatic carbocycles. The van der Waals surface area contributed by atoms with E-state index >= 15 is 0 Å². The number of hydrazone groups is 1. The van der Waals surface area contributed by atoms with Gasteiger partial charge in [-0.1, -0.05) is 0 Å². The van der Waals surface area contributed by atoms with Crippen LogP contribution in [0.2, 0.25) is 0 Å². The van der Waals surface area contributed by atoms with Gasteiger partial charge in [0.05, 0.1) is 31.9 Å². The van der Waals surface area contributed by atoms with Crippen molar-refractivity contribution in [3.63, 3.8) is 0 Å². The first kappa shape index (κ1) is 20.4. The van der Waals surface area contributed by atoms with E-state index in [1.54, 1.807) is 12.1 Å². The molecule has 0 aliphatic rings. The Morgan fingerprint density at radius 1 is 1.11 bits per heavy atom. The zero-order valence-corrected chi connectivity index (χ0v) is 15.2. The van der Waals surface area contributed by atoms with Gasteiger partial charge in [-0.15, -0.1) is 0 Å². The lowest BCUT2D eigenvalue weighted by molar-refractivity contribution is -0.384. The smallest absolute Gasteiger partial charge is 0.269 e. The van der Waals surface area contributed by atoms with Crippen molar-refractivity contribution in [2.75, 3.05) is 20.8 Å². The number of nitrogens with zero attached hydrogens (tertiary/aromatic N) is 2. The standard InChI is InChI=1S/C18H18N4O6/c1-27-15-8-5-13(9-16(15)28-2)18(24)19-11-17(23)21-20-10-12-3-6-14(7-4-12)22(25)26/h3-10H,11H2,1-2H3,(H,19,24)(H,21,23)/b20-10-. The molecule has 0 saturated heterocycles. The van der Waals surface area contributed by atoms with Crippen LogP contribution in [-0.2, 0) is 4.79 Å². The average molecular weight is 386 g/mol. The fourth-order valence-electron chi connectivity index (χ4n) is 2.14. The molecule has 0 bridgehead atoms. The summed E-state index contributed by atoms with van der Waals surface area (Å²) in [4.78, 5) is 34.0. The SMILES string of the molecule is COc1ccc(C(=O)NCC(=O)N/N=C\c2ccc([N+](=O)[O-])cc2)cc1OC. The summed E-state index contributed by atoms with van der Waals surface area (Å²) in [5, 5.41) is 16.8. The van der Waals surface area contributed by atoms with E-state index in [1.165, 1.54) is 50.8 Å². The Kier molecular flexibility index (Phi) is 7.03. The molecule has 0 atom stereocenters. The lowest BCUT2D eigenvalue weighted by Crippen LogP contribution is -2.34. The van der Waals surface area contributed by atoms with Gasteiger partial charge in [0.1, 0.15) is 0 Å². The van der Waals surface area contributed by atoms with Gasteiger partial charge in [-0.05, 0) is 35.9 Å². The number of hydrogen-bond donors (Lipinski definition) is 2. The third-order valence-electron chi connectivity index (χ3n) is 3.56. The molecule has 0 aliphatic heterocycles. The van der Waals surface area contributed by atoms with Crippen LogP contribution in [0.15, 0.2) is 47.6 Å². The number of carbonyl (C=O) groups excluding carboxylic acids is 2. The van der Waals surface area contributed by atoms with Crippen LogP contribution < -0.4 is 20.2 Å². The Morgan fingerprint density at radius 3 is 2.39 bits per heavy atom. The number of benzene rings is 2. The van der Waals surface area contributed by atoms with Gasteiger partial charge in [-0.25, -0.2) is 5.43 Å². The van der Waals surface area contributed by atoms with Crippen LogP contribution in [-0.4, -0.2) is 43.7 Å². The minimum atomic E-state index is -0.535. The molecule has 2 N–H and O–H groups in total. The largest absolute Gasteiger partial charge is 0.493 e. The van der Waals surface area contributed by atoms with Gasteiger partial charge in [0.25, 0.3) is 17.5 Å². The average Bonchev–Trinajstić information content (AvgIpc) is 2.71. The molecule has 146 valence electrons. The van der Waals surface area contributed by atoms with Crippen LogP contribution in [0.5, 0.6) is 11.5 Å². The number of nitro groups is 1. The zero-order chi connectivity index (χ0) is 20.5. The van der Waals surface area contributed by atoms with Crippen LogP contribution in [0, 0.1) is 10.1 Å². The molecule has 2 rings (SSSR count). The van der Waals surface area contributed by atoms with E-state index in [4.69, 9.17) is 9.47 Å². The summed E-state index contributed by atoms with van der Waals surface area (Å²) >= 11 is 0. The highest BCUT2D eigenvalue weighted by atomic mass is 16.6. The number of non-ortho nitro benzene ring substituents is 1. The van der Waals surface area contributed by atoms with E-state index in [9.17, 15) is 19.7 Å². The Bertz CT molecular complexity index is 895. The second-order valence-corrected chi connectivity index (χ2v) is 5.39. The van der Waals surface area contributed by atoms with Crippen molar-refractivity contribution in [1.29, 1.82) is 0 Å². The second-order valence-electron chi connectivity index (χ2n) is 5.39. The number of methoxy groups -OCH3 is 2. The summed E-state index contributed by atoms with van der Waals surface area (Å²) < 4.78 is 10.2. The molecule has 0 saturated carbocycles. The Labute approximate surface area is 160 Å². The zero-order valence-electron chi connectivity index (χ0n) is 15.2. The van der Waals surface area contributed by atoms with Crippen LogP contribution in [0.1, 0.15) is 15.9 Å². The van der Waals surface area contributed by atoms with Gasteiger partial charge >= 0.3 is 0 Å². The van der Waals surface area contributed by atoms with Gasteiger partial charge in [-0.3, -0.25) is 19.7 Å². The fraction of sp³-hybridized carbons (Fsp3) is 0.167. The van der Waals surface area contributed by atoms with Crippen molar-refractivity contribution in [3.05, 3.63) is 63.7 Å². The highest BCUT2D eigenvalue weighted by molar-refractivity contribution is 5.97. The number of ether oxygens (including phenoxy) is 2. The first-order valence-corrected chi connectivity index (χ1v) is 8.01. The maximum atomic E-state index is 12.1. The van der Waals surface area contributed by atoms with Crippen LogP contribution in [0.3, 0.4) is 0 Å². The maximum absolute atomic E-state index is 12.1. The van der Waals surface area contributed by atoms with Crippen molar-refractivity contribution in [1.82, 2.24) is 10.7 Å². The van der Waals surface area contributed by atoms with Crippen LogP contribution >= 0.6 is 0 Å². The number of amides is 2. The highest BCUT2D eigenvalue weighted by Crippen LogP contribution is 2.27. The Balaban J connectivity index is 1.84. The minimum Gasteiger partial charge on any atom is -0.493 e. The molecular formula is C18H18N4O6. The number of hydrogen-bond acceptors (Lipinski definition) is 7. The quantitative estimate of drug-likeness (QED) is 0.401. The van der Waals surface area contributed by atoms with Crippen LogP contribution in [0.4, 0.5) is 5.69 Å². The molecule has 0 aromatic heterocycles. The van der Waals surface area contributed by atoms with E-state index in [-0.39, 0.29) is 12.2 Å². The van der Waals surface area contributed by atoms with Crippen molar-refractivity contribution < 1.29 is 24.0 Å². The molecule has 0 spiro atoms. The van der Waals surface area contributed by atoms with Gasteiger partial charge in [0.15, 0.2) is 11.5 Å². The first-order valence-electron chi connectivity index (χ1n) is 8.01. The lowest BCUT2D eigenvalue weighted by atomic mass is 10.2. The minimum absolute atomic E-state index is 0.0425. The summed E-state index contributed by atoms with van der Waals surface area (Å²) in [6, 6.07) is 10.3. The second kappa shape index (κ2) is 9.67. The summed E-state index contributed by atoms with van der Waals surface area (Å²) in [6.07, 6.45) is 1.33. The summed E-state index contributed by atoms with van der Waals surface area (Å²) in [7, 11) is 2.94. The topological polar surface area (TPSA) is 132 Å². The van der Waals surface area contributed by atoms with Crippen molar-refractivity contribution in [3.8, 4) is 11.5 Å². The van der Waals surface area contributed by atoms with E-state index < -0.39 is 16.7 Å². The Morgan fingerprint density at radius 2 is 1.79 bits per heavy atom. The lowest BCUT2D eigenvalue weighted by Gasteiger charge is -2.09. The molecule has 0 fully saturated rings. The van der Waals surface area contributed by atoms with E-state index in [1.807, 2.05) is 0 Å². The number of nitro benzene ring substituents is 1. The first-order chi connectivity index (χ1) is 13.4. The third-order valence-corrected chi connectivity index (χ3v) is 3.56. The number of nitrogens with one attached hydrogen (secondary N) is 2. The van der Waals surface area contributed by atoms with Gasteiger partial charge in [0, 0.05) is 17.7 Å². The number of rotatable bonds is 8. The van der Waals surface area contributed by atoms with Crippen molar-refractivity contribution >= 4 is 23.7 Å². The summed E-state index contributed by atoms with van der Waals surface area (Å²) in [5.41, 5.74) is 3.09. The van der Waals surface area contributed by atoms with Gasteiger partial charge in [0.2, 0.25) is 0 Å². The Hall–Kier alpha value is -3.95. The van der Waals surface area contributed by atoms with Crippen molar-refractivity contribution in [2.24, 2.45) is 5.10 Å². The molecule has 2 amide bonds. The molecule has 10 nitrogen and oxygen atoms in total. The molecule has 0 unspecified atom stereocenters. The molecule has 10 heteroatoms. The molecule has 28 heavy (non-hydrogen) atoms. The van der Waals surface area contributed by atoms with Crippen LogP contribution in [0.25, 0.3) is 0 Å². The third kappa shape index (κ3) is 5.53. The van der Waals surface area contributed by atoms with E-state index in [0.29, 0.717) is 22.6 Å². The maximum Gasteiger partial charge on any atom is 0.269 e. The van der Waals surface area contributed by atoms with E-state index in [0.717, 1.165) is 0 Å². The predicted molar refractivity (Wildman–Crippen MR) is 101 cm³/mol. The molecular weight excluding hydrogens is 368 g/mol. The molecule has 2 aromatic rings. The monoisotopic (exact) mass is 386 g/mol. The molecule has 0 heterocycles. The van der Waals surface area contributed by atoms with Crippen molar-refractivity contribution in [2.45, 2.75) is 0 Å². The van der Waals surface area contributed by atoms with Gasteiger partial charge < -0.3 is 14.8 Å². The molecule has 0 radical (unpaired) electrons. The molecule has 2 aromatic carbocycles. The summed E-state index contributed by atoms with van der Waals surface area (Å²) in [5.74, 6) is -0.118. The normalized spacial score (nSPS) is 10.4. The fourth-order valence-corrected chi connectivity index (χ4v) is 2.14. The van der Waals surface area contributed by atoms with E-state index in [2.05, 4.69) is 15.8 Å². The number of carbonyl (C=O) groups is 2.